The number of nitrogens with zero attached hydrogens (tertiary/aromatic N) is 1. The van der Waals surface area contributed by atoms with Gasteiger partial charge in [-0.15, -0.1) is 0 Å². The van der Waals surface area contributed by atoms with Crippen LogP contribution < -0.4 is 10.6 Å². The minimum Gasteiger partial charge on any atom is -0.444 e. The summed E-state index contributed by atoms with van der Waals surface area (Å²) >= 11 is 0. The number of amides is 3. The molecule has 1 aliphatic heterocycles. The molecule has 1 aromatic rings. The fraction of sp³-hybridized carbons (Fsp3) is 0.571. The van der Waals surface area contributed by atoms with Crippen LogP contribution in [0.5, 0.6) is 0 Å². The number of hydrogen-bond acceptors (Lipinski definition) is 4. The minimum atomic E-state index is -0.555. The maximum Gasteiger partial charge on any atom is 0.407 e. The fourth-order valence-corrected chi connectivity index (χ4v) is 3.08. The van der Waals surface area contributed by atoms with Gasteiger partial charge in [-0.1, -0.05) is 30.3 Å². The second kappa shape index (κ2) is 10.1. The molecule has 1 fully saturated rings. The van der Waals surface area contributed by atoms with E-state index in [0.29, 0.717) is 19.5 Å². The highest BCUT2D eigenvalue weighted by Crippen LogP contribution is 2.12. The molecule has 154 valence electrons. The number of alkyl carbamates (subject to hydrolysis) is 1. The highest BCUT2D eigenvalue weighted by molar-refractivity contribution is 5.79. The van der Waals surface area contributed by atoms with Crippen LogP contribution in [0, 0.1) is 0 Å². The second-order valence-electron chi connectivity index (χ2n) is 8.06. The molecule has 0 radical (unpaired) electrons. The lowest BCUT2D eigenvalue weighted by atomic mass is 10.0. The van der Waals surface area contributed by atoms with Crippen LogP contribution in [0.1, 0.15) is 45.6 Å². The zero-order valence-electron chi connectivity index (χ0n) is 17.0. The summed E-state index contributed by atoms with van der Waals surface area (Å²) in [7, 11) is 0. The van der Waals surface area contributed by atoms with Gasteiger partial charge in [0.25, 0.3) is 0 Å². The van der Waals surface area contributed by atoms with Gasteiger partial charge < -0.3 is 20.3 Å². The smallest absolute Gasteiger partial charge is 0.407 e. The van der Waals surface area contributed by atoms with E-state index in [-0.39, 0.29) is 30.8 Å². The summed E-state index contributed by atoms with van der Waals surface area (Å²) in [5.74, 6) is 0.0164. The summed E-state index contributed by atoms with van der Waals surface area (Å²) < 4.78 is 5.14. The van der Waals surface area contributed by atoms with Crippen LogP contribution in [0.15, 0.2) is 30.3 Å². The molecule has 0 bridgehead atoms. The monoisotopic (exact) mass is 389 g/mol. The van der Waals surface area contributed by atoms with Gasteiger partial charge in [-0.25, -0.2) is 4.79 Å². The van der Waals surface area contributed by atoms with Crippen molar-refractivity contribution in [3.63, 3.8) is 0 Å². The maximum absolute atomic E-state index is 12.3. The van der Waals surface area contributed by atoms with Crippen LogP contribution in [0.25, 0.3) is 0 Å². The first-order valence-corrected chi connectivity index (χ1v) is 9.81. The van der Waals surface area contributed by atoms with Gasteiger partial charge >= 0.3 is 6.09 Å². The van der Waals surface area contributed by atoms with E-state index in [1.807, 2.05) is 30.3 Å². The number of likely N-dealkylation sites (tertiary alicyclic amines) is 1. The van der Waals surface area contributed by atoms with E-state index in [2.05, 4.69) is 10.6 Å². The Balaban J connectivity index is 1.64. The molecule has 7 nitrogen and oxygen atoms in total. The van der Waals surface area contributed by atoms with Crippen LogP contribution in [0.3, 0.4) is 0 Å². The Morgan fingerprint density at radius 1 is 1.11 bits per heavy atom. The Bertz CT molecular complexity index is 662. The van der Waals surface area contributed by atoms with Crippen molar-refractivity contribution < 1.29 is 19.1 Å². The first-order valence-electron chi connectivity index (χ1n) is 9.81. The molecule has 0 atom stereocenters. The Labute approximate surface area is 166 Å². The summed E-state index contributed by atoms with van der Waals surface area (Å²) in [5, 5.41) is 5.66. The van der Waals surface area contributed by atoms with Gasteiger partial charge in [0, 0.05) is 32.1 Å². The summed E-state index contributed by atoms with van der Waals surface area (Å²) in [6.07, 6.45) is 1.58. The largest absolute Gasteiger partial charge is 0.444 e. The normalized spacial score (nSPS) is 15.0. The van der Waals surface area contributed by atoms with Crippen LogP contribution >= 0.6 is 0 Å². The topological polar surface area (TPSA) is 87.7 Å². The Morgan fingerprint density at radius 2 is 1.75 bits per heavy atom. The van der Waals surface area contributed by atoms with Crippen molar-refractivity contribution in [3.05, 3.63) is 35.9 Å². The van der Waals surface area contributed by atoms with Gasteiger partial charge in [0.05, 0.1) is 6.42 Å². The van der Waals surface area contributed by atoms with E-state index in [9.17, 15) is 14.4 Å². The van der Waals surface area contributed by atoms with Crippen molar-refractivity contribution in [2.24, 2.45) is 0 Å². The van der Waals surface area contributed by atoms with Crippen molar-refractivity contribution in [3.8, 4) is 0 Å². The molecule has 0 unspecified atom stereocenters. The lowest BCUT2D eigenvalue weighted by Crippen LogP contribution is -2.47. The van der Waals surface area contributed by atoms with Crippen LogP contribution in [0.4, 0.5) is 4.79 Å². The second-order valence-corrected chi connectivity index (χ2v) is 8.06. The SMILES string of the molecule is CC(C)(C)OC(=O)NCCC(=O)N1CCC(NC(=O)Cc2ccccc2)CC1. The molecule has 1 saturated heterocycles. The minimum absolute atomic E-state index is 0.00474. The van der Waals surface area contributed by atoms with E-state index in [1.54, 1.807) is 25.7 Å². The third-order valence-electron chi connectivity index (χ3n) is 4.43. The molecule has 1 aromatic carbocycles. The van der Waals surface area contributed by atoms with Gasteiger partial charge in [-0.05, 0) is 39.2 Å². The highest BCUT2D eigenvalue weighted by atomic mass is 16.6. The summed E-state index contributed by atoms with van der Waals surface area (Å²) in [5.41, 5.74) is 0.436. The van der Waals surface area contributed by atoms with E-state index in [1.165, 1.54) is 0 Å². The lowest BCUT2D eigenvalue weighted by molar-refractivity contribution is -0.132. The van der Waals surface area contributed by atoms with Gasteiger partial charge in [-0.2, -0.15) is 0 Å². The molecule has 0 saturated carbocycles. The standard InChI is InChI=1S/C21H31N3O4/c1-21(2,3)28-20(27)22-12-9-19(26)24-13-10-17(11-14-24)23-18(25)15-16-7-5-4-6-8-16/h4-8,17H,9-15H2,1-3H3,(H,22,27)(H,23,25). The Kier molecular flexibility index (Phi) is 7.84. The van der Waals surface area contributed by atoms with Crippen LogP contribution in [0.2, 0.25) is 0 Å². The fourth-order valence-electron chi connectivity index (χ4n) is 3.08. The number of carbonyl (C=O) groups is 3. The Morgan fingerprint density at radius 3 is 2.36 bits per heavy atom. The van der Waals surface area contributed by atoms with Crippen molar-refractivity contribution in [2.45, 2.75) is 58.1 Å². The first kappa shape index (κ1) is 21.7. The van der Waals surface area contributed by atoms with Gasteiger partial charge in [0.15, 0.2) is 0 Å². The van der Waals surface area contributed by atoms with Crippen LogP contribution in [-0.2, 0) is 20.7 Å². The molecule has 0 aliphatic carbocycles. The van der Waals surface area contributed by atoms with E-state index in [4.69, 9.17) is 4.74 Å². The molecular weight excluding hydrogens is 358 g/mol. The number of piperidine rings is 1. The predicted octanol–water partition coefficient (Wildman–Crippen LogP) is 2.25. The molecule has 3 amide bonds. The molecule has 7 heteroatoms. The maximum atomic E-state index is 12.3. The third kappa shape index (κ3) is 7.98. The highest BCUT2D eigenvalue weighted by Gasteiger charge is 2.24. The third-order valence-corrected chi connectivity index (χ3v) is 4.43. The summed E-state index contributed by atoms with van der Waals surface area (Å²) in [6, 6.07) is 9.74. The van der Waals surface area contributed by atoms with Crippen molar-refractivity contribution >= 4 is 17.9 Å². The molecule has 2 rings (SSSR count). The first-order chi connectivity index (χ1) is 13.2. The van der Waals surface area contributed by atoms with Gasteiger partial charge in [-0.3, -0.25) is 9.59 Å². The predicted molar refractivity (Wildman–Crippen MR) is 107 cm³/mol. The van der Waals surface area contributed by atoms with Crippen LogP contribution in [-0.4, -0.2) is 54.1 Å². The molecule has 28 heavy (non-hydrogen) atoms. The number of ether oxygens (including phenoxy) is 1. The zero-order chi connectivity index (χ0) is 20.6. The van der Waals surface area contributed by atoms with E-state index in [0.717, 1.165) is 18.4 Å². The quantitative estimate of drug-likeness (QED) is 0.781. The number of nitrogens with one attached hydrogen (secondary N) is 2. The van der Waals surface area contributed by atoms with E-state index >= 15 is 0 Å². The number of hydrogen-bond donors (Lipinski definition) is 2. The molecule has 2 N–H and O–H groups in total. The summed E-state index contributed by atoms with van der Waals surface area (Å²) in [6.45, 7) is 6.85. The average Bonchev–Trinajstić information content (AvgIpc) is 2.61. The van der Waals surface area contributed by atoms with E-state index < -0.39 is 11.7 Å². The number of benzene rings is 1. The molecule has 0 spiro atoms. The van der Waals surface area contributed by atoms with Gasteiger partial charge in [0.1, 0.15) is 5.60 Å². The van der Waals surface area contributed by atoms with Gasteiger partial charge in [0.2, 0.25) is 11.8 Å². The van der Waals surface area contributed by atoms with Crippen molar-refractivity contribution in [2.75, 3.05) is 19.6 Å². The number of carbonyl (C=O) groups excluding carboxylic acids is 3. The van der Waals surface area contributed by atoms with Crippen molar-refractivity contribution in [1.82, 2.24) is 15.5 Å². The molecule has 0 aromatic heterocycles. The molecular formula is C21H31N3O4. The molecule has 1 aliphatic rings. The molecule has 1 heterocycles. The van der Waals surface area contributed by atoms with Crippen molar-refractivity contribution in [1.29, 1.82) is 0 Å². The number of rotatable bonds is 6. The average molecular weight is 389 g/mol. The Hall–Kier alpha value is -2.57. The summed E-state index contributed by atoms with van der Waals surface area (Å²) in [4.78, 5) is 37.8. The lowest BCUT2D eigenvalue weighted by Gasteiger charge is -2.32. The zero-order valence-corrected chi connectivity index (χ0v) is 17.0.